The zero-order chi connectivity index (χ0) is 17.8. The molecule has 4 heteroatoms. The van der Waals surface area contributed by atoms with Crippen molar-refractivity contribution in [3.63, 3.8) is 0 Å². The van der Waals surface area contributed by atoms with Crippen LogP contribution in [-0.2, 0) is 17.9 Å². The molecular weight excluding hydrogens is 344 g/mol. The molecule has 130 valence electrons. The van der Waals surface area contributed by atoms with Crippen molar-refractivity contribution in [1.29, 1.82) is 0 Å². The van der Waals surface area contributed by atoms with Crippen molar-refractivity contribution in [3.05, 3.63) is 102 Å². The Labute approximate surface area is 157 Å². The van der Waals surface area contributed by atoms with Gasteiger partial charge in [-0.05, 0) is 34.0 Å². The maximum Gasteiger partial charge on any atom is 0.101 e. The number of nitrogens with zero attached hydrogens (tertiary/aromatic N) is 2. The summed E-state index contributed by atoms with van der Waals surface area (Å²) in [4.78, 5) is 4.13. The summed E-state index contributed by atoms with van der Waals surface area (Å²) in [5, 5.41) is 3.18. The number of rotatable bonds is 6. The van der Waals surface area contributed by atoms with Crippen LogP contribution in [0.15, 0.2) is 85.5 Å². The van der Waals surface area contributed by atoms with E-state index < -0.39 is 0 Å². The van der Waals surface area contributed by atoms with Gasteiger partial charge in [-0.2, -0.15) is 0 Å². The molecule has 3 aromatic carbocycles. The highest BCUT2D eigenvalue weighted by Gasteiger charge is 2.14. The van der Waals surface area contributed by atoms with Crippen molar-refractivity contribution in [1.82, 2.24) is 9.55 Å². The third kappa shape index (κ3) is 3.79. The first-order chi connectivity index (χ1) is 12.8. The van der Waals surface area contributed by atoms with Crippen LogP contribution in [0.25, 0.3) is 10.8 Å². The molecule has 0 aliphatic carbocycles. The predicted octanol–water partition coefficient (Wildman–Crippen LogP) is 5.65. The fraction of sp³-hybridized carbons (Fsp3) is 0.136. The van der Waals surface area contributed by atoms with Gasteiger partial charge >= 0.3 is 0 Å². The monoisotopic (exact) mass is 362 g/mol. The second-order valence-electron chi connectivity index (χ2n) is 6.25. The van der Waals surface area contributed by atoms with Crippen LogP contribution in [0.5, 0.6) is 0 Å². The molecule has 4 rings (SSSR count). The van der Waals surface area contributed by atoms with Crippen molar-refractivity contribution >= 4 is 22.4 Å². The smallest absolute Gasteiger partial charge is 0.101 e. The zero-order valence-corrected chi connectivity index (χ0v) is 15.0. The van der Waals surface area contributed by atoms with E-state index in [-0.39, 0.29) is 6.10 Å². The number of aromatic nitrogens is 2. The van der Waals surface area contributed by atoms with E-state index in [1.54, 1.807) is 6.20 Å². The van der Waals surface area contributed by atoms with Crippen LogP contribution in [0.2, 0.25) is 5.02 Å². The number of hydrogen-bond acceptors (Lipinski definition) is 2. The van der Waals surface area contributed by atoms with Crippen molar-refractivity contribution in [2.45, 2.75) is 19.3 Å². The van der Waals surface area contributed by atoms with E-state index in [0.717, 1.165) is 10.6 Å². The minimum atomic E-state index is -0.0829. The maximum absolute atomic E-state index is 6.34. The van der Waals surface area contributed by atoms with Gasteiger partial charge in [-0.25, -0.2) is 4.98 Å². The molecule has 0 fully saturated rings. The van der Waals surface area contributed by atoms with Gasteiger partial charge in [-0.3, -0.25) is 0 Å². The highest BCUT2D eigenvalue weighted by atomic mass is 35.5. The quantitative estimate of drug-likeness (QED) is 0.443. The van der Waals surface area contributed by atoms with Crippen molar-refractivity contribution in [3.8, 4) is 0 Å². The lowest BCUT2D eigenvalue weighted by molar-refractivity contribution is 0.0286. The summed E-state index contributed by atoms with van der Waals surface area (Å²) in [6.45, 7) is 1.25. The lowest BCUT2D eigenvalue weighted by Crippen LogP contribution is -2.12. The summed E-state index contributed by atoms with van der Waals surface area (Å²) in [6, 6.07) is 22.6. The minimum Gasteiger partial charge on any atom is -0.367 e. The third-order valence-corrected chi connectivity index (χ3v) is 4.75. The van der Waals surface area contributed by atoms with Gasteiger partial charge in [0, 0.05) is 17.4 Å². The summed E-state index contributed by atoms with van der Waals surface area (Å²) in [6.07, 6.45) is 5.46. The lowest BCUT2D eigenvalue weighted by atomic mass is 10.0. The van der Waals surface area contributed by atoms with Crippen molar-refractivity contribution in [2.75, 3.05) is 0 Å². The average molecular weight is 363 g/mol. The molecule has 26 heavy (non-hydrogen) atoms. The van der Waals surface area contributed by atoms with E-state index in [1.807, 2.05) is 41.4 Å². The Bertz CT molecular complexity index is 975. The first-order valence-electron chi connectivity index (χ1n) is 8.59. The van der Waals surface area contributed by atoms with Crippen molar-refractivity contribution < 1.29 is 4.74 Å². The first kappa shape index (κ1) is 16.8. The van der Waals surface area contributed by atoms with Gasteiger partial charge in [0.2, 0.25) is 0 Å². The molecule has 0 radical (unpaired) electrons. The fourth-order valence-electron chi connectivity index (χ4n) is 3.13. The molecular formula is C22H19ClN2O. The molecule has 0 bridgehead atoms. The number of benzene rings is 3. The second kappa shape index (κ2) is 7.73. The Balaban J connectivity index is 1.58. The highest BCUT2D eigenvalue weighted by molar-refractivity contribution is 6.30. The van der Waals surface area contributed by atoms with Crippen LogP contribution < -0.4 is 0 Å². The number of halogens is 1. The molecule has 1 heterocycles. The normalized spacial score (nSPS) is 12.3. The van der Waals surface area contributed by atoms with E-state index >= 15 is 0 Å². The highest BCUT2D eigenvalue weighted by Crippen LogP contribution is 2.25. The molecule has 1 atom stereocenters. The van der Waals surface area contributed by atoms with E-state index in [0.29, 0.717) is 13.2 Å². The molecule has 0 N–H and O–H groups in total. The second-order valence-corrected chi connectivity index (χ2v) is 6.69. The Morgan fingerprint density at radius 2 is 1.77 bits per heavy atom. The third-order valence-electron chi connectivity index (χ3n) is 4.50. The summed E-state index contributed by atoms with van der Waals surface area (Å²) in [5.41, 5.74) is 2.29. The Morgan fingerprint density at radius 3 is 2.58 bits per heavy atom. The van der Waals surface area contributed by atoms with Gasteiger partial charge in [0.15, 0.2) is 0 Å². The SMILES string of the molecule is Clc1ccc(C(Cn2ccnc2)OCc2cccc3ccccc23)cc1. The molecule has 3 nitrogen and oxygen atoms in total. The van der Waals surface area contributed by atoms with E-state index in [1.165, 1.54) is 16.3 Å². The summed E-state index contributed by atoms with van der Waals surface area (Å²) in [5.74, 6) is 0. The number of ether oxygens (including phenoxy) is 1. The molecule has 0 aliphatic rings. The van der Waals surface area contributed by atoms with Crippen LogP contribution in [0.1, 0.15) is 17.2 Å². The molecule has 0 spiro atoms. The Kier molecular flexibility index (Phi) is 5.00. The molecule has 1 unspecified atom stereocenters. The van der Waals surface area contributed by atoms with Crippen LogP contribution in [-0.4, -0.2) is 9.55 Å². The van der Waals surface area contributed by atoms with E-state index in [2.05, 4.69) is 47.4 Å². The molecule has 4 aromatic rings. The van der Waals surface area contributed by atoms with Crippen LogP contribution in [0.3, 0.4) is 0 Å². The summed E-state index contributed by atoms with van der Waals surface area (Å²) in [7, 11) is 0. The topological polar surface area (TPSA) is 27.1 Å². The van der Waals surface area contributed by atoms with Crippen LogP contribution >= 0.6 is 11.6 Å². The molecule has 0 aliphatic heterocycles. The Hall–Kier alpha value is -2.62. The summed E-state index contributed by atoms with van der Waals surface area (Å²) < 4.78 is 8.37. The molecule has 0 saturated heterocycles. The van der Waals surface area contributed by atoms with Crippen molar-refractivity contribution in [2.24, 2.45) is 0 Å². The van der Waals surface area contributed by atoms with Crippen LogP contribution in [0, 0.1) is 0 Å². The fourth-order valence-corrected chi connectivity index (χ4v) is 3.25. The molecule has 1 aromatic heterocycles. The number of fused-ring (bicyclic) bond motifs is 1. The zero-order valence-electron chi connectivity index (χ0n) is 14.3. The number of imidazole rings is 1. The predicted molar refractivity (Wildman–Crippen MR) is 105 cm³/mol. The van der Waals surface area contributed by atoms with Gasteiger partial charge in [0.05, 0.1) is 19.5 Å². The molecule has 0 saturated carbocycles. The standard InChI is InChI=1S/C22H19ClN2O/c23-20-10-8-18(9-11-20)22(14-25-13-12-24-16-25)26-15-19-6-3-5-17-4-1-2-7-21(17)19/h1-13,16,22H,14-15H2. The van der Waals surface area contributed by atoms with Gasteiger partial charge < -0.3 is 9.30 Å². The minimum absolute atomic E-state index is 0.0829. The summed E-state index contributed by atoms with van der Waals surface area (Å²) >= 11 is 6.04. The van der Waals surface area contributed by atoms with Gasteiger partial charge in [0.25, 0.3) is 0 Å². The van der Waals surface area contributed by atoms with E-state index in [9.17, 15) is 0 Å². The van der Waals surface area contributed by atoms with E-state index in [4.69, 9.17) is 16.3 Å². The first-order valence-corrected chi connectivity index (χ1v) is 8.97. The lowest BCUT2D eigenvalue weighted by Gasteiger charge is -2.20. The Morgan fingerprint density at radius 1 is 0.962 bits per heavy atom. The molecule has 0 amide bonds. The van der Waals surface area contributed by atoms with Gasteiger partial charge in [-0.1, -0.05) is 66.2 Å². The maximum atomic E-state index is 6.34. The largest absolute Gasteiger partial charge is 0.367 e. The van der Waals surface area contributed by atoms with Crippen LogP contribution in [0.4, 0.5) is 0 Å². The van der Waals surface area contributed by atoms with Gasteiger partial charge in [-0.15, -0.1) is 0 Å². The average Bonchev–Trinajstić information content (AvgIpc) is 3.19. The number of hydrogen-bond donors (Lipinski definition) is 0. The van der Waals surface area contributed by atoms with Gasteiger partial charge in [0.1, 0.15) is 6.10 Å².